The van der Waals surface area contributed by atoms with Crippen molar-refractivity contribution in [2.45, 2.75) is 44.6 Å². The Hall–Kier alpha value is -1.29. The van der Waals surface area contributed by atoms with E-state index in [-0.39, 0.29) is 0 Å². The van der Waals surface area contributed by atoms with E-state index in [0.29, 0.717) is 0 Å². The smallest absolute Gasteiger partial charge is 0.387 e. The Morgan fingerprint density at radius 3 is 2.46 bits per heavy atom. The van der Waals surface area contributed by atoms with Gasteiger partial charge in [-0.15, -0.1) is 0 Å². The third-order valence-corrected chi connectivity index (χ3v) is 5.43. The molecule has 1 saturated heterocycles. The molecule has 0 bridgehead atoms. The number of phosphoric acid groups is 1. The number of hydrogen-bond acceptors (Lipinski definition) is 6. The molecule has 1 aliphatic rings. The van der Waals surface area contributed by atoms with Crippen LogP contribution in [0.4, 0.5) is 0 Å². The van der Waals surface area contributed by atoms with Gasteiger partial charge in [0.25, 0.3) is 5.56 Å². The SMILES string of the molecule is CC1C(C)(n2ccc(=O)[nH]c2=O)OC(C)(COP(=O)(O)O)C1(C)O. The number of ether oxygens (including phenoxy) is 1. The van der Waals surface area contributed by atoms with Gasteiger partial charge in [-0.25, -0.2) is 9.36 Å². The van der Waals surface area contributed by atoms with Crippen LogP contribution in [-0.4, -0.2) is 42.3 Å². The van der Waals surface area contributed by atoms with Crippen molar-refractivity contribution < 1.29 is 28.7 Å². The fourth-order valence-corrected chi connectivity index (χ4v) is 3.45. The number of nitrogens with zero attached hydrogens (tertiary/aromatic N) is 1. The van der Waals surface area contributed by atoms with E-state index in [0.717, 1.165) is 10.6 Å². The van der Waals surface area contributed by atoms with Gasteiger partial charge < -0.3 is 19.6 Å². The van der Waals surface area contributed by atoms with Crippen LogP contribution in [0.5, 0.6) is 0 Å². The number of rotatable bonds is 4. The Morgan fingerprint density at radius 2 is 1.96 bits per heavy atom. The van der Waals surface area contributed by atoms with E-state index in [1.807, 2.05) is 0 Å². The number of aromatic amines is 1. The van der Waals surface area contributed by atoms with Gasteiger partial charge in [-0.05, 0) is 20.8 Å². The molecule has 11 heteroatoms. The highest BCUT2D eigenvalue weighted by Gasteiger charge is 2.64. The highest BCUT2D eigenvalue weighted by Crippen LogP contribution is 2.52. The highest BCUT2D eigenvalue weighted by molar-refractivity contribution is 7.46. The lowest BCUT2D eigenvalue weighted by molar-refractivity contribution is -0.178. The molecule has 136 valence electrons. The van der Waals surface area contributed by atoms with E-state index in [2.05, 4.69) is 9.51 Å². The number of phosphoric ester groups is 1. The zero-order chi connectivity index (χ0) is 18.6. The summed E-state index contributed by atoms with van der Waals surface area (Å²) in [6, 6.07) is 1.14. The van der Waals surface area contributed by atoms with Crippen LogP contribution in [0.15, 0.2) is 21.9 Å². The van der Waals surface area contributed by atoms with Gasteiger partial charge in [0.05, 0.1) is 6.61 Å². The predicted octanol–water partition coefficient (Wildman–Crippen LogP) is -0.505. The molecule has 24 heavy (non-hydrogen) atoms. The fourth-order valence-electron chi connectivity index (χ4n) is 3.03. The first kappa shape index (κ1) is 19.0. The van der Waals surface area contributed by atoms with E-state index in [9.17, 15) is 19.3 Å². The minimum absolute atomic E-state index is 0.579. The standard InChI is InChI=1S/C13H21N2O8P/c1-8-12(3,18)11(2,7-22-24(19,20)21)23-13(8,4)15-6-5-9(16)14-10(15)17/h5-6,8,18H,7H2,1-4H3,(H,14,16,17)(H2,19,20,21). The van der Waals surface area contributed by atoms with Crippen LogP contribution in [0.3, 0.4) is 0 Å². The number of aliphatic hydroxyl groups is 1. The quantitative estimate of drug-likeness (QED) is 0.522. The van der Waals surface area contributed by atoms with Gasteiger partial charge in [0.15, 0.2) is 5.72 Å². The van der Waals surface area contributed by atoms with Crippen molar-refractivity contribution in [3.05, 3.63) is 33.1 Å². The van der Waals surface area contributed by atoms with E-state index < -0.39 is 48.5 Å². The van der Waals surface area contributed by atoms with Crippen molar-refractivity contribution in [3.63, 3.8) is 0 Å². The summed E-state index contributed by atoms with van der Waals surface area (Å²) in [5.74, 6) is -0.682. The third kappa shape index (κ3) is 3.01. The normalized spacial score (nSPS) is 36.9. The molecule has 0 radical (unpaired) electrons. The minimum Gasteiger partial charge on any atom is -0.387 e. The monoisotopic (exact) mass is 364 g/mol. The Bertz CT molecular complexity index is 796. The van der Waals surface area contributed by atoms with Gasteiger partial charge >= 0.3 is 13.5 Å². The van der Waals surface area contributed by atoms with Crippen molar-refractivity contribution in [1.82, 2.24) is 9.55 Å². The van der Waals surface area contributed by atoms with Crippen molar-refractivity contribution in [2.24, 2.45) is 5.92 Å². The van der Waals surface area contributed by atoms with Crippen LogP contribution < -0.4 is 11.2 Å². The molecule has 4 unspecified atom stereocenters. The average molecular weight is 364 g/mol. The molecule has 4 atom stereocenters. The van der Waals surface area contributed by atoms with E-state index in [1.165, 1.54) is 27.0 Å². The molecule has 1 aromatic rings. The molecule has 4 N–H and O–H groups in total. The zero-order valence-electron chi connectivity index (χ0n) is 13.7. The van der Waals surface area contributed by atoms with Gasteiger partial charge in [-0.2, -0.15) is 0 Å². The second-order valence-electron chi connectivity index (χ2n) is 6.50. The van der Waals surface area contributed by atoms with E-state index in [4.69, 9.17) is 14.5 Å². The molecule has 0 amide bonds. The summed E-state index contributed by atoms with van der Waals surface area (Å²) in [6.07, 6.45) is 1.24. The summed E-state index contributed by atoms with van der Waals surface area (Å²) in [5, 5.41) is 10.9. The Balaban J connectivity index is 2.49. The lowest BCUT2D eigenvalue weighted by Gasteiger charge is -2.36. The number of H-pyrrole nitrogens is 1. The molecular weight excluding hydrogens is 343 g/mol. The summed E-state index contributed by atoms with van der Waals surface area (Å²) in [7, 11) is -4.77. The van der Waals surface area contributed by atoms with Gasteiger partial charge in [0, 0.05) is 18.2 Å². The summed E-state index contributed by atoms with van der Waals surface area (Å²) >= 11 is 0. The Kier molecular flexibility index (Phi) is 4.46. The molecule has 2 rings (SSSR count). The van der Waals surface area contributed by atoms with Gasteiger partial charge in [-0.1, -0.05) is 6.92 Å². The molecule has 0 aromatic carbocycles. The molecule has 0 saturated carbocycles. The van der Waals surface area contributed by atoms with E-state index in [1.54, 1.807) is 6.92 Å². The topological polar surface area (TPSA) is 151 Å². The molecule has 2 heterocycles. The second-order valence-corrected chi connectivity index (χ2v) is 7.74. The molecular formula is C13H21N2O8P. The summed E-state index contributed by atoms with van der Waals surface area (Å²) < 4.78 is 22.5. The molecule has 1 aliphatic heterocycles. The summed E-state index contributed by atoms with van der Waals surface area (Å²) in [4.78, 5) is 43.3. The van der Waals surface area contributed by atoms with Crippen LogP contribution >= 0.6 is 7.82 Å². The fraction of sp³-hybridized carbons (Fsp3) is 0.692. The predicted molar refractivity (Wildman–Crippen MR) is 82.2 cm³/mol. The van der Waals surface area contributed by atoms with Gasteiger partial charge in [-0.3, -0.25) is 18.9 Å². The number of hydrogen-bond donors (Lipinski definition) is 4. The first-order valence-electron chi connectivity index (χ1n) is 7.18. The molecule has 10 nitrogen and oxygen atoms in total. The van der Waals surface area contributed by atoms with Crippen molar-refractivity contribution >= 4 is 7.82 Å². The molecule has 1 aromatic heterocycles. The minimum atomic E-state index is -4.77. The van der Waals surface area contributed by atoms with Gasteiger partial charge in [0.2, 0.25) is 0 Å². The zero-order valence-corrected chi connectivity index (χ0v) is 14.6. The van der Waals surface area contributed by atoms with Crippen LogP contribution in [0.25, 0.3) is 0 Å². The maximum Gasteiger partial charge on any atom is 0.469 e. The van der Waals surface area contributed by atoms with Crippen LogP contribution in [-0.2, 0) is 19.6 Å². The van der Waals surface area contributed by atoms with Crippen LogP contribution in [0, 0.1) is 5.92 Å². The summed E-state index contributed by atoms with van der Waals surface area (Å²) in [6.45, 7) is 5.43. The first-order valence-corrected chi connectivity index (χ1v) is 8.71. The third-order valence-electron chi connectivity index (χ3n) is 4.96. The average Bonchev–Trinajstić information content (AvgIpc) is 2.55. The highest BCUT2D eigenvalue weighted by atomic mass is 31.2. The van der Waals surface area contributed by atoms with Crippen molar-refractivity contribution in [3.8, 4) is 0 Å². The Labute approximate surface area is 137 Å². The van der Waals surface area contributed by atoms with Crippen molar-refractivity contribution in [1.29, 1.82) is 0 Å². The Morgan fingerprint density at radius 1 is 1.38 bits per heavy atom. The number of aromatic nitrogens is 2. The number of nitrogens with one attached hydrogen (secondary N) is 1. The first-order chi connectivity index (χ1) is 10.7. The lowest BCUT2D eigenvalue weighted by atomic mass is 9.77. The second kappa shape index (κ2) is 5.62. The maximum atomic E-state index is 12.1. The van der Waals surface area contributed by atoms with Crippen LogP contribution in [0.2, 0.25) is 0 Å². The largest absolute Gasteiger partial charge is 0.469 e. The summed E-state index contributed by atoms with van der Waals surface area (Å²) in [5.41, 5.74) is -5.79. The molecule has 0 aliphatic carbocycles. The van der Waals surface area contributed by atoms with Crippen molar-refractivity contribution in [2.75, 3.05) is 6.61 Å². The van der Waals surface area contributed by atoms with E-state index >= 15 is 0 Å². The lowest BCUT2D eigenvalue weighted by Crippen LogP contribution is -2.52. The maximum absolute atomic E-state index is 12.1. The molecule has 0 spiro atoms. The van der Waals surface area contributed by atoms with Crippen LogP contribution in [0.1, 0.15) is 27.7 Å². The van der Waals surface area contributed by atoms with Gasteiger partial charge in [0.1, 0.15) is 11.2 Å². The molecule has 1 fully saturated rings.